The molecule has 2 heterocycles. The summed E-state index contributed by atoms with van der Waals surface area (Å²) in [5, 5.41) is 0. The number of hydrogen-bond acceptors (Lipinski definition) is 2. The van der Waals surface area contributed by atoms with E-state index in [-0.39, 0.29) is 0 Å². The molecule has 0 fully saturated rings. The van der Waals surface area contributed by atoms with Crippen molar-refractivity contribution in [1.82, 2.24) is 14.5 Å². The van der Waals surface area contributed by atoms with E-state index in [1.165, 1.54) is 17.8 Å². The van der Waals surface area contributed by atoms with E-state index in [1.54, 1.807) is 0 Å². The van der Waals surface area contributed by atoms with Gasteiger partial charge in [0.2, 0.25) is 0 Å². The molecule has 3 nitrogen and oxygen atoms in total. The van der Waals surface area contributed by atoms with Gasteiger partial charge in [0.15, 0.2) is 0 Å². The minimum absolute atomic E-state index is 1.10. The normalized spacial score (nSPS) is 11.0. The van der Waals surface area contributed by atoms with E-state index in [1.807, 2.05) is 24.5 Å². The molecule has 0 atom stereocenters. The van der Waals surface area contributed by atoms with Crippen molar-refractivity contribution in [3.63, 3.8) is 0 Å². The Morgan fingerprint density at radius 3 is 2.65 bits per heavy atom. The van der Waals surface area contributed by atoms with Gasteiger partial charge in [0.1, 0.15) is 0 Å². The van der Waals surface area contributed by atoms with Gasteiger partial charge in [0.05, 0.1) is 0 Å². The first-order chi connectivity index (χ1) is 8.27. The van der Waals surface area contributed by atoms with Crippen LogP contribution in [0.2, 0.25) is 0 Å². The number of aromatic nitrogens is 2. The van der Waals surface area contributed by atoms with Crippen molar-refractivity contribution in [1.29, 1.82) is 0 Å². The highest BCUT2D eigenvalue weighted by Crippen LogP contribution is 2.13. The number of nitrogens with zero attached hydrogens (tertiary/aromatic N) is 3. The Hall–Kier alpha value is -1.61. The molecule has 0 spiro atoms. The number of rotatable bonds is 5. The van der Waals surface area contributed by atoms with Crippen LogP contribution in [0.5, 0.6) is 0 Å². The van der Waals surface area contributed by atoms with E-state index in [4.69, 9.17) is 0 Å². The van der Waals surface area contributed by atoms with Crippen LogP contribution in [0.25, 0.3) is 5.69 Å². The van der Waals surface area contributed by atoms with Crippen LogP contribution in [0.3, 0.4) is 0 Å². The molecule has 17 heavy (non-hydrogen) atoms. The zero-order chi connectivity index (χ0) is 12.1. The van der Waals surface area contributed by atoms with Crippen LogP contribution in [-0.4, -0.2) is 35.1 Å². The summed E-state index contributed by atoms with van der Waals surface area (Å²) in [6.07, 6.45) is 8.06. The fourth-order valence-electron chi connectivity index (χ4n) is 1.95. The number of pyridine rings is 1. The molecular formula is C14H19N3. The highest BCUT2D eigenvalue weighted by atomic mass is 15.0. The smallest absolute Gasteiger partial charge is 0.0482 e. The average Bonchev–Trinajstić information content (AvgIpc) is 2.78. The Morgan fingerprint density at radius 2 is 1.94 bits per heavy atom. The maximum atomic E-state index is 4.05. The van der Waals surface area contributed by atoms with Gasteiger partial charge < -0.3 is 9.47 Å². The lowest BCUT2D eigenvalue weighted by molar-refractivity contribution is 0.399. The second-order valence-electron chi connectivity index (χ2n) is 4.48. The van der Waals surface area contributed by atoms with E-state index in [0.29, 0.717) is 0 Å². The average molecular weight is 229 g/mol. The summed E-state index contributed by atoms with van der Waals surface area (Å²) in [6.45, 7) is 1.13. The lowest BCUT2D eigenvalue weighted by Crippen LogP contribution is -2.14. The molecule has 0 aliphatic rings. The standard InChI is InChI=1S/C14H19N3/c1-16(2)11-3-5-13-6-4-12-17(13)14-7-9-15-10-8-14/h4,6-10,12H,3,5,11H2,1-2H3. The van der Waals surface area contributed by atoms with Crippen molar-refractivity contribution in [2.75, 3.05) is 20.6 Å². The van der Waals surface area contributed by atoms with Gasteiger partial charge in [0.25, 0.3) is 0 Å². The van der Waals surface area contributed by atoms with Crippen molar-refractivity contribution >= 4 is 0 Å². The van der Waals surface area contributed by atoms with Crippen molar-refractivity contribution < 1.29 is 0 Å². The maximum Gasteiger partial charge on any atom is 0.0482 e. The molecule has 3 heteroatoms. The summed E-state index contributed by atoms with van der Waals surface area (Å²) in [6, 6.07) is 8.37. The summed E-state index contributed by atoms with van der Waals surface area (Å²) in [5.74, 6) is 0. The number of aryl methyl sites for hydroxylation is 1. The molecule has 2 aromatic rings. The molecule has 0 aliphatic carbocycles. The van der Waals surface area contributed by atoms with Crippen LogP contribution >= 0.6 is 0 Å². The molecule has 0 aliphatic heterocycles. The predicted octanol–water partition coefficient (Wildman–Crippen LogP) is 2.37. The van der Waals surface area contributed by atoms with Crippen LogP contribution in [0, 0.1) is 0 Å². The van der Waals surface area contributed by atoms with E-state index in [2.05, 4.69) is 46.9 Å². The molecule has 0 N–H and O–H groups in total. The molecule has 0 aromatic carbocycles. The highest BCUT2D eigenvalue weighted by molar-refractivity contribution is 5.32. The zero-order valence-electron chi connectivity index (χ0n) is 10.5. The summed E-state index contributed by atoms with van der Waals surface area (Å²) in [5.41, 5.74) is 2.54. The zero-order valence-corrected chi connectivity index (χ0v) is 10.5. The first kappa shape index (κ1) is 11.9. The Labute approximate surface area is 103 Å². The molecule has 0 amide bonds. The monoisotopic (exact) mass is 229 g/mol. The lowest BCUT2D eigenvalue weighted by atomic mass is 10.2. The van der Waals surface area contributed by atoms with Crippen LogP contribution in [0.15, 0.2) is 42.9 Å². The fraction of sp³-hybridized carbons (Fsp3) is 0.357. The van der Waals surface area contributed by atoms with E-state index < -0.39 is 0 Å². The van der Waals surface area contributed by atoms with Gasteiger partial charge in [-0.2, -0.15) is 0 Å². The lowest BCUT2D eigenvalue weighted by Gasteiger charge is -2.11. The summed E-state index contributed by atoms with van der Waals surface area (Å²) >= 11 is 0. The van der Waals surface area contributed by atoms with E-state index in [0.717, 1.165) is 13.0 Å². The van der Waals surface area contributed by atoms with Gasteiger partial charge >= 0.3 is 0 Å². The minimum Gasteiger partial charge on any atom is -0.321 e. The van der Waals surface area contributed by atoms with E-state index >= 15 is 0 Å². The fourth-order valence-corrected chi connectivity index (χ4v) is 1.95. The molecule has 0 bridgehead atoms. The largest absolute Gasteiger partial charge is 0.321 e. The highest BCUT2D eigenvalue weighted by Gasteiger charge is 2.02. The van der Waals surface area contributed by atoms with Crippen molar-refractivity contribution in [2.24, 2.45) is 0 Å². The Bertz CT molecular complexity index is 446. The van der Waals surface area contributed by atoms with Crippen molar-refractivity contribution in [3.05, 3.63) is 48.5 Å². The summed E-state index contributed by atoms with van der Waals surface area (Å²) in [4.78, 5) is 6.27. The Kier molecular flexibility index (Phi) is 3.94. The minimum atomic E-state index is 1.10. The molecule has 2 rings (SSSR count). The van der Waals surface area contributed by atoms with Gasteiger partial charge in [-0.15, -0.1) is 0 Å². The molecule has 2 aromatic heterocycles. The van der Waals surface area contributed by atoms with Crippen molar-refractivity contribution in [3.8, 4) is 5.69 Å². The molecule has 0 unspecified atom stereocenters. The summed E-state index contributed by atoms with van der Waals surface area (Å²) in [7, 11) is 4.23. The van der Waals surface area contributed by atoms with Gasteiger partial charge in [-0.1, -0.05) is 0 Å². The molecule has 90 valence electrons. The van der Waals surface area contributed by atoms with Gasteiger partial charge in [-0.05, 0) is 57.7 Å². The molecule has 0 radical (unpaired) electrons. The number of hydrogen-bond donors (Lipinski definition) is 0. The second kappa shape index (κ2) is 5.64. The third kappa shape index (κ3) is 3.17. The van der Waals surface area contributed by atoms with Crippen LogP contribution in [-0.2, 0) is 6.42 Å². The Morgan fingerprint density at radius 1 is 1.18 bits per heavy atom. The van der Waals surface area contributed by atoms with E-state index in [9.17, 15) is 0 Å². The molecule has 0 saturated heterocycles. The molecule has 0 saturated carbocycles. The summed E-state index contributed by atoms with van der Waals surface area (Å²) < 4.78 is 2.23. The first-order valence-electron chi connectivity index (χ1n) is 5.99. The van der Waals surface area contributed by atoms with Crippen LogP contribution < -0.4 is 0 Å². The SMILES string of the molecule is CN(C)CCCc1cccn1-c1ccncc1. The van der Waals surface area contributed by atoms with Gasteiger partial charge in [-0.3, -0.25) is 4.98 Å². The predicted molar refractivity (Wildman–Crippen MR) is 70.4 cm³/mol. The third-order valence-corrected chi connectivity index (χ3v) is 2.81. The Balaban J connectivity index is 2.07. The van der Waals surface area contributed by atoms with Gasteiger partial charge in [-0.25, -0.2) is 0 Å². The maximum absolute atomic E-state index is 4.05. The quantitative estimate of drug-likeness (QED) is 0.785. The third-order valence-electron chi connectivity index (χ3n) is 2.81. The second-order valence-corrected chi connectivity index (χ2v) is 4.48. The van der Waals surface area contributed by atoms with Crippen molar-refractivity contribution in [2.45, 2.75) is 12.8 Å². The topological polar surface area (TPSA) is 21.1 Å². The van der Waals surface area contributed by atoms with Crippen LogP contribution in [0.4, 0.5) is 0 Å². The first-order valence-corrected chi connectivity index (χ1v) is 5.99. The van der Waals surface area contributed by atoms with Gasteiger partial charge in [0, 0.05) is 30.0 Å². The molecular weight excluding hydrogens is 210 g/mol. The van der Waals surface area contributed by atoms with Crippen LogP contribution in [0.1, 0.15) is 12.1 Å².